The van der Waals surface area contributed by atoms with Gasteiger partial charge in [-0.3, -0.25) is 4.79 Å². The first kappa shape index (κ1) is 13.4. The Labute approximate surface area is 110 Å². The highest BCUT2D eigenvalue weighted by molar-refractivity contribution is 5.98. The molecule has 6 nitrogen and oxygen atoms in total. The van der Waals surface area contributed by atoms with E-state index in [-0.39, 0.29) is 13.0 Å². The molecule has 1 atom stereocenters. The standard InChI is InChI=1S/C13H15NO5/c1-18-10-4-2-3-9(7-10)11(15)14-13(12(16)17)5-6-19-8-13/h2-4,7H,5-6,8H2,1H3,(H,14,15)(H,16,17). The van der Waals surface area contributed by atoms with Crippen molar-refractivity contribution in [1.82, 2.24) is 5.32 Å². The number of nitrogens with one attached hydrogen (secondary N) is 1. The van der Waals surface area contributed by atoms with E-state index in [9.17, 15) is 14.7 Å². The van der Waals surface area contributed by atoms with E-state index < -0.39 is 17.4 Å². The first-order chi connectivity index (χ1) is 9.07. The Morgan fingerprint density at radius 3 is 2.84 bits per heavy atom. The van der Waals surface area contributed by atoms with Gasteiger partial charge in [-0.05, 0) is 18.2 Å². The van der Waals surface area contributed by atoms with Crippen LogP contribution in [0.15, 0.2) is 24.3 Å². The molecule has 2 N–H and O–H groups in total. The minimum atomic E-state index is -1.33. The smallest absolute Gasteiger partial charge is 0.331 e. The Hall–Kier alpha value is -2.08. The monoisotopic (exact) mass is 265 g/mol. The van der Waals surface area contributed by atoms with E-state index in [2.05, 4.69) is 5.32 Å². The molecule has 0 saturated carbocycles. The Morgan fingerprint density at radius 1 is 1.47 bits per heavy atom. The maximum absolute atomic E-state index is 12.1. The number of benzene rings is 1. The molecule has 1 aromatic rings. The van der Waals surface area contributed by atoms with Crippen molar-refractivity contribution in [2.45, 2.75) is 12.0 Å². The fourth-order valence-electron chi connectivity index (χ4n) is 1.94. The first-order valence-corrected chi connectivity index (χ1v) is 5.85. The van der Waals surface area contributed by atoms with Crippen LogP contribution in [0.2, 0.25) is 0 Å². The van der Waals surface area contributed by atoms with Gasteiger partial charge in [0.2, 0.25) is 0 Å². The summed E-state index contributed by atoms with van der Waals surface area (Å²) >= 11 is 0. The molecule has 0 spiro atoms. The average Bonchev–Trinajstić information content (AvgIpc) is 2.88. The second kappa shape index (κ2) is 5.27. The topological polar surface area (TPSA) is 84.9 Å². The number of ether oxygens (including phenoxy) is 2. The number of carboxylic acids is 1. The van der Waals surface area contributed by atoms with E-state index >= 15 is 0 Å². The molecule has 1 amide bonds. The van der Waals surface area contributed by atoms with E-state index in [0.717, 1.165) is 0 Å². The SMILES string of the molecule is COc1cccc(C(=O)NC2(C(=O)O)CCOC2)c1. The highest BCUT2D eigenvalue weighted by atomic mass is 16.5. The lowest BCUT2D eigenvalue weighted by atomic mass is 9.98. The van der Waals surface area contributed by atoms with Gasteiger partial charge in [-0.2, -0.15) is 0 Å². The number of rotatable bonds is 4. The van der Waals surface area contributed by atoms with Gasteiger partial charge in [0.1, 0.15) is 5.75 Å². The molecule has 1 aromatic carbocycles. The second-order valence-corrected chi connectivity index (χ2v) is 4.38. The molecule has 1 heterocycles. The molecule has 2 rings (SSSR count). The van der Waals surface area contributed by atoms with Crippen LogP contribution < -0.4 is 10.1 Å². The highest BCUT2D eigenvalue weighted by Crippen LogP contribution is 2.20. The molecule has 1 fully saturated rings. The number of carbonyl (C=O) groups is 2. The number of aliphatic carboxylic acids is 1. The number of carbonyl (C=O) groups excluding carboxylic acids is 1. The third kappa shape index (κ3) is 2.68. The van der Waals surface area contributed by atoms with Crippen LogP contribution in [0.25, 0.3) is 0 Å². The lowest BCUT2D eigenvalue weighted by Gasteiger charge is -2.23. The molecule has 1 saturated heterocycles. The highest BCUT2D eigenvalue weighted by Gasteiger charge is 2.44. The summed E-state index contributed by atoms with van der Waals surface area (Å²) < 4.78 is 10.1. The molecule has 0 bridgehead atoms. The summed E-state index contributed by atoms with van der Waals surface area (Å²) in [6.07, 6.45) is 0.262. The van der Waals surface area contributed by atoms with Crippen molar-refractivity contribution in [2.24, 2.45) is 0 Å². The fourth-order valence-corrected chi connectivity index (χ4v) is 1.94. The van der Waals surface area contributed by atoms with Gasteiger partial charge in [0, 0.05) is 18.6 Å². The minimum absolute atomic E-state index is 0.0158. The van der Waals surface area contributed by atoms with Crippen LogP contribution in [-0.2, 0) is 9.53 Å². The molecule has 1 aliphatic heterocycles. The number of hydrogen-bond acceptors (Lipinski definition) is 4. The third-order valence-corrected chi connectivity index (χ3v) is 3.12. The van der Waals surface area contributed by atoms with Gasteiger partial charge in [0.25, 0.3) is 5.91 Å². The molecule has 6 heteroatoms. The van der Waals surface area contributed by atoms with Crippen molar-refractivity contribution >= 4 is 11.9 Å². The summed E-state index contributed by atoms with van der Waals surface area (Å²) in [5, 5.41) is 11.8. The van der Waals surface area contributed by atoms with Gasteiger partial charge in [-0.25, -0.2) is 4.79 Å². The molecule has 19 heavy (non-hydrogen) atoms. The molecule has 0 aromatic heterocycles. The molecule has 0 aliphatic carbocycles. The quantitative estimate of drug-likeness (QED) is 0.835. The van der Waals surface area contributed by atoms with Gasteiger partial charge < -0.3 is 19.9 Å². The molecular formula is C13H15NO5. The first-order valence-electron chi connectivity index (χ1n) is 5.85. The largest absolute Gasteiger partial charge is 0.497 e. The average molecular weight is 265 g/mol. The van der Waals surface area contributed by atoms with Crippen molar-refractivity contribution in [3.05, 3.63) is 29.8 Å². The molecular weight excluding hydrogens is 250 g/mol. The predicted molar refractivity (Wildman–Crippen MR) is 66.3 cm³/mol. The van der Waals surface area contributed by atoms with Crippen LogP contribution in [-0.4, -0.2) is 42.8 Å². The lowest BCUT2D eigenvalue weighted by Crippen LogP contribution is -2.55. The lowest BCUT2D eigenvalue weighted by molar-refractivity contribution is -0.144. The number of hydrogen-bond donors (Lipinski definition) is 2. The Bertz CT molecular complexity index is 494. The van der Waals surface area contributed by atoms with Gasteiger partial charge in [0.05, 0.1) is 13.7 Å². The van der Waals surface area contributed by atoms with Crippen molar-refractivity contribution < 1.29 is 24.2 Å². The van der Waals surface area contributed by atoms with Gasteiger partial charge in [-0.1, -0.05) is 6.07 Å². The van der Waals surface area contributed by atoms with Crippen molar-refractivity contribution in [3.8, 4) is 5.75 Å². The van der Waals surface area contributed by atoms with Crippen molar-refractivity contribution in [2.75, 3.05) is 20.3 Å². The minimum Gasteiger partial charge on any atom is -0.497 e. The summed E-state index contributed by atoms with van der Waals surface area (Å²) in [4.78, 5) is 23.4. The second-order valence-electron chi connectivity index (χ2n) is 4.38. The van der Waals surface area contributed by atoms with Gasteiger partial charge in [-0.15, -0.1) is 0 Å². The van der Waals surface area contributed by atoms with Crippen LogP contribution in [0.5, 0.6) is 5.75 Å². The zero-order valence-corrected chi connectivity index (χ0v) is 10.5. The van der Waals surface area contributed by atoms with E-state index in [1.54, 1.807) is 24.3 Å². The zero-order chi connectivity index (χ0) is 13.9. The number of methoxy groups -OCH3 is 1. The van der Waals surface area contributed by atoms with Crippen molar-refractivity contribution in [1.29, 1.82) is 0 Å². The summed E-state index contributed by atoms with van der Waals surface area (Å²) in [6, 6.07) is 6.54. The maximum atomic E-state index is 12.1. The van der Waals surface area contributed by atoms with Crippen LogP contribution in [0.4, 0.5) is 0 Å². The molecule has 1 aliphatic rings. The van der Waals surface area contributed by atoms with E-state index in [4.69, 9.17) is 9.47 Å². The van der Waals surface area contributed by atoms with E-state index in [1.165, 1.54) is 7.11 Å². The normalized spacial score (nSPS) is 21.9. The summed E-state index contributed by atoms with van der Waals surface area (Å²) in [5.74, 6) is -0.993. The van der Waals surface area contributed by atoms with Crippen molar-refractivity contribution in [3.63, 3.8) is 0 Å². The summed E-state index contributed by atoms with van der Waals surface area (Å²) in [5.41, 5.74) is -0.980. The molecule has 0 radical (unpaired) electrons. The molecule has 1 unspecified atom stereocenters. The van der Waals surface area contributed by atoms with Crippen LogP contribution >= 0.6 is 0 Å². The maximum Gasteiger partial charge on any atom is 0.331 e. The molecule has 102 valence electrons. The summed E-state index contributed by atoms with van der Waals surface area (Å²) in [7, 11) is 1.50. The number of amides is 1. The van der Waals surface area contributed by atoms with E-state index in [1.807, 2.05) is 0 Å². The predicted octanol–water partition coefficient (Wildman–Crippen LogP) is 0.669. The number of carboxylic acid groups (broad SMARTS) is 1. The zero-order valence-electron chi connectivity index (χ0n) is 10.5. The van der Waals surface area contributed by atoms with Crippen LogP contribution in [0.1, 0.15) is 16.8 Å². The Balaban J connectivity index is 2.17. The van der Waals surface area contributed by atoms with Gasteiger partial charge >= 0.3 is 5.97 Å². The third-order valence-electron chi connectivity index (χ3n) is 3.12. The fraction of sp³-hybridized carbons (Fsp3) is 0.385. The van der Waals surface area contributed by atoms with Crippen LogP contribution in [0.3, 0.4) is 0 Å². The summed E-state index contributed by atoms with van der Waals surface area (Å²) in [6.45, 7) is 0.308. The van der Waals surface area contributed by atoms with Crippen LogP contribution in [0, 0.1) is 0 Å². The van der Waals surface area contributed by atoms with E-state index in [0.29, 0.717) is 17.9 Å². The Morgan fingerprint density at radius 2 is 2.26 bits per heavy atom. The Kier molecular flexibility index (Phi) is 3.71. The van der Waals surface area contributed by atoms with Gasteiger partial charge in [0.15, 0.2) is 5.54 Å².